The summed E-state index contributed by atoms with van der Waals surface area (Å²) in [4.78, 5) is 12.1. The number of benzene rings is 1. The van der Waals surface area contributed by atoms with E-state index in [9.17, 15) is 4.79 Å². The van der Waals surface area contributed by atoms with Crippen LogP contribution < -0.4 is 15.8 Å². The number of nitrogens with two attached hydrogens (primary N) is 1. The zero-order valence-corrected chi connectivity index (χ0v) is 12.3. The summed E-state index contributed by atoms with van der Waals surface area (Å²) in [6.45, 7) is 2.57. The molecule has 0 unspecified atom stereocenters. The van der Waals surface area contributed by atoms with Crippen molar-refractivity contribution < 1.29 is 9.53 Å². The number of rotatable bonds is 6. The van der Waals surface area contributed by atoms with Gasteiger partial charge in [-0.15, -0.1) is 0 Å². The van der Waals surface area contributed by atoms with E-state index in [1.807, 2.05) is 13.1 Å². The lowest BCUT2D eigenvalue weighted by atomic mass is 10.1. The third-order valence-corrected chi connectivity index (χ3v) is 3.31. The lowest BCUT2D eigenvalue weighted by molar-refractivity contribution is 0.0950. The molecule has 2 rings (SSSR count). The lowest BCUT2D eigenvalue weighted by Gasteiger charge is -2.10. The Labute approximate surface area is 123 Å². The molecule has 0 spiro atoms. The Kier molecular flexibility index (Phi) is 4.81. The standard InChI is InChI=1S/C15H20N4O2/c1-10-11(9-18-19-10)4-3-7-17-15(20)13-8-12(16)5-6-14(13)21-2/h5-6,8-9H,3-4,7,16H2,1-2H3,(H,17,20)(H,18,19). The van der Waals surface area contributed by atoms with Crippen molar-refractivity contribution in [3.63, 3.8) is 0 Å². The van der Waals surface area contributed by atoms with Gasteiger partial charge in [-0.2, -0.15) is 5.10 Å². The van der Waals surface area contributed by atoms with Gasteiger partial charge in [0.15, 0.2) is 0 Å². The topological polar surface area (TPSA) is 93.0 Å². The summed E-state index contributed by atoms with van der Waals surface area (Å²) >= 11 is 0. The number of aryl methyl sites for hydroxylation is 2. The number of aromatic nitrogens is 2. The Bertz CT molecular complexity index is 622. The number of nitrogen functional groups attached to an aromatic ring is 1. The van der Waals surface area contributed by atoms with Crippen molar-refractivity contribution >= 4 is 11.6 Å². The molecule has 0 aliphatic rings. The molecule has 0 fully saturated rings. The molecule has 0 aliphatic carbocycles. The smallest absolute Gasteiger partial charge is 0.255 e. The first-order valence-corrected chi connectivity index (χ1v) is 6.82. The van der Waals surface area contributed by atoms with Gasteiger partial charge >= 0.3 is 0 Å². The predicted octanol–water partition coefficient (Wildman–Crippen LogP) is 1.67. The molecule has 1 aromatic heterocycles. The van der Waals surface area contributed by atoms with Crippen LogP contribution in [0.1, 0.15) is 28.0 Å². The van der Waals surface area contributed by atoms with E-state index in [-0.39, 0.29) is 5.91 Å². The van der Waals surface area contributed by atoms with Gasteiger partial charge in [0.25, 0.3) is 5.91 Å². The molecular formula is C15H20N4O2. The Balaban J connectivity index is 1.87. The molecule has 1 heterocycles. The van der Waals surface area contributed by atoms with Crippen LogP contribution in [-0.2, 0) is 6.42 Å². The third kappa shape index (κ3) is 3.75. The Morgan fingerprint density at radius 2 is 2.29 bits per heavy atom. The number of carbonyl (C=O) groups excluding carboxylic acids is 1. The van der Waals surface area contributed by atoms with Crippen molar-refractivity contribution in [3.8, 4) is 5.75 Å². The fourth-order valence-electron chi connectivity index (χ4n) is 2.11. The first kappa shape index (κ1) is 14.9. The monoisotopic (exact) mass is 288 g/mol. The highest BCUT2D eigenvalue weighted by molar-refractivity contribution is 5.97. The summed E-state index contributed by atoms with van der Waals surface area (Å²) in [6.07, 6.45) is 3.53. The molecule has 2 aromatic rings. The SMILES string of the molecule is COc1ccc(N)cc1C(=O)NCCCc1cn[nH]c1C. The minimum absolute atomic E-state index is 0.178. The molecule has 4 N–H and O–H groups in total. The molecule has 6 nitrogen and oxygen atoms in total. The van der Waals surface area contributed by atoms with Crippen molar-refractivity contribution in [2.75, 3.05) is 19.4 Å². The third-order valence-electron chi connectivity index (χ3n) is 3.31. The number of nitrogens with one attached hydrogen (secondary N) is 2. The first-order valence-electron chi connectivity index (χ1n) is 6.82. The van der Waals surface area contributed by atoms with Crippen molar-refractivity contribution in [2.24, 2.45) is 0 Å². The average Bonchev–Trinajstić information content (AvgIpc) is 2.88. The van der Waals surface area contributed by atoms with Crippen LogP contribution in [0.3, 0.4) is 0 Å². The Hall–Kier alpha value is -2.50. The van der Waals surface area contributed by atoms with Crippen LogP contribution in [0.25, 0.3) is 0 Å². The minimum Gasteiger partial charge on any atom is -0.496 e. The van der Waals surface area contributed by atoms with Gasteiger partial charge in [-0.1, -0.05) is 0 Å². The summed E-state index contributed by atoms with van der Waals surface area (Å²) in [6, 6.07) is 5.02. The number of hydrogen-bond acceptors (Lipinski definition) is 4. The number of aromatic amines is 1. The van der Waals surface area contributed by atoms with E-state index in [2.05, 4.69) is 15.5 Å². The highest BCUT2D eigenvalue weighted by atomic mass is 16.5. The van der Waals surface area contributed by atoms with Gasteiger partial charge in [-0.05, 0) is 43.5 Å². The highest BCUT2D eigenvalue weighted by Gasteiger charge is 2.12. The number of hydrogen-bond donors (Lipinski definition) is 3. The lowest BCUT2D eigenvalue weighted by Crippen LogP contribution is -2.25. The second kappa shape index (κ2) is 6.78. The van der Waals surface area contributed by atoms with Gasteiger partial charge < -0.3 is 15.8 Å². The maximum Gasteiger partial charge on any atom is 0.255 e. The van der Waals surface area contributed by atoms with E-state index in [1.54, 1.807) is 18.2 Å². The molecule has 0 atom stereocenters. The van der Waals surface area contributed by atoms with Crippen molar-refractivity contribution in [3.05, 3.63) is 41.2 Å². The van der Waals surface area contributed by atoms with Gasteiger partial charge in [-0.3, -0.25) is 9.89 Å². The van der Waals surface area contributed by atoms with Gasteiger partial charge in [0.1, 0.15) is 5.75 Å². The van der Waals surface area contributed by atoms with Gasteiger partial charge in [-0.25, -0.2) is 0 Å². The quantitative estimate of drug-likeness (QED) is 0.557. The molecule has 0 radical (unpaired) electrons. The number of methoxy groups -OCH3 is 1. The second-order valence-corrected chi connectivity index (χ2v) is 4.84. The Morgan fingerprint density at radius 1 is 1.48 bits per heavy atom. The van der Waals surface area contributed by atoms with Crippen molar-refractivity contribution in [2.45, 2.75) is 19.8 Å². The number of ether oxygens (including phenoxy) is 1. The molecule has 21 heavy (non-hydrogen) atoms. The summed E-state index contributed by atoms with van der Waals surface area (Å²) in [7, 11) is 1.53. The number of carbonyl (C=O) groups is 1. The van der Waals surface area contributed by atoms with E-state index < -0.39 is 0 Å². The van der Waals surface area contributed by atoms with Gasteiger partial charge in [0, 0.05) is 17.9 Å². The molecule has 0 saturated heterocycles. The average molecular weight is 288 g/mol. The molecule has 6 heteroatoms. The first-order chi connectivity index (χ1) is 10.1. The largest absolute Gasteiger partial charge is 0.496 e. The number of amides is 1. The van der Waals surface area contributed by atoms with E-state index in [4.69, 9.17) is 10.5 Å². The van der Waals surface area contributed by atoms with Crippen LogP contribution in [0.15, 0.2) is 24.4 Å². The van der Waals surface area contributed by atoms with E-state index in [1.165, 1.54) is 12.7 Å². The van der Waals surface area contributed by atoms with Gasteiger partial charge in [0.2, 0.25) is 0 Å². The van der Waals surface area contributed by atoms with E-state index in [0.717, 1.165) is 18.5 Å². The van der Waals surface area contributed by atoms with Crippen LogP contribution in [0.2, 0.25) is 0 Å². The van der Waals surface area contributed by atoms with Crippen molar-refractivity contribution in [1.29, 1.82) is 0 Å². The molecule has 1 amide bonds. The number of anilines is 1. The summed E-state index contributed by atoms with van der Waals surface area (Å²) in [5.74, 6) is 0.343. The fraction of sp³-hybridized carbons (Fsp3) is 0.333. The van der Waals surface area contributed by atoms with Crippen LogP contribution in [-0.4, -0.2) is 29.8 Å². The molecule has 0 bridgehead atoms. The van der Waals surface area contributed by atoms with Crippen LogP contribution in [0.5, 0.6) is 5.75 Å². The maximum atomic E-state index is 12.1. The number of H-pyrrole nitrogens is 1. The fourth-order valence-corrected chi connectivity index (χ4v) is 2.11. The molecule has 1 aromatic carbocycles. The summed E-state index contributed by atoms with van der Waals surface area (Å²) < 4.78 is 5.17. The Morgan fingerprint density at radius 3 is 2.95 bits per heavy atom. The zero-order chi connectivity index (χ0) is 15.2. The maximum absolute atomic E-state index is 12.1. The normalized spacial score (nSPS) is 10.4. The van der Waals surface area contributed by atoms with Crippen molar-refractivity contribution in [1.82, 2.24) is 15.5 Å². The van der Waals surface area contributed by atoms with Crippen LogP contribution in [0.4, 0.5) is 5.69 Å². The number of nitrogens with zero attached hydrogens (tertiary/aromatic N) is 1. The van der Waals surface area contributed by atoms with Crippen LogP contribution >= 0.6 is 0 Å². The second-order valence-electron chi connectivity index (χ2n) is 4.84. The van der Waals surface area contributed by atoms with E-state index >= 15 is 0 Å². The van der Waals surface area contributed by atoms with Crippen LogP contribution in [0, 0.1) is 6.92 Å². The zero-order valence-electron chi connectivity index (χ0n) is 12.3. The molecule has 0 aliphatic heterocycles. The predicted molar refractivity (Wildman–Crippen MR) is 81.4 cm³/mol. The van der Waals surface area contributed by atoms with E-state index in [0.29, 0.717) is 23.5 Å². The molecule has 0 saturated carbocycles. The summed E-state index contributed by atoms with van der Waals surface area (Å²) in [5.41, 5.74) is 8.94. The van der Waals surface area contributed by atoms with Gasteiger partial charge in [0.05, 0.1) is 18.9 Å². The minimum atomic E-state index is -0.178. The highest BCUT2D eigenvalue weighted by Crippen LogP contribution is 2.20. The summed E-state index contributed by atoms with van der Waals surface area (Å²) in [5, 5.41) is 9.75. The molecular weight excluding hydrogens is 268 g/mol. The molecule has 112 valence electrons.